The second kappa shape index (κ2) is 6.93. The summed E-state index contributed by atoms with van der Waals surface area (Å²) in [6, 6.07) is -1.86. The number of carbonyl (C=O) groups excluding carboxylic acids is 1. The summed E-state index contributed by atoms with van der Waals surface area (Å²) in [5.41, 5.74) is -3.41. The lowest BCUT2D eigenvalue weighted by atomic mass is 10.2. The summed E-state index contributed by atoms with van der Waals surface area (Å²) in [7, 11) is 2.38. The number of rotatable bonds is 3. The van der Waals surface area contributed by atoms with Gasteiger partial charge < -0.3 is 15.5 Å². The van der Waals surface area contributed by atoms with Crippen LogP contribution in [0, 0.1) is 29.1 Å². The number of hydrogen-bond donors (Lipinski definition) is 2. The van der Waals surface area contributed by atoms with E-state index in [9.17, 15) is 39.9 Å². The predicted octanol–water partition coefficient (Wildman–Crippen LogP) is 3.47. The molecule has 0 saturated carbocycles. The number of halogens is 8. The molecule has 0 saturated heterocycles. The van der Waals surface area contributed by atoms with Crippen molar-refractivity contribution in [3.8, 4) is 0 Å². The minimum absolute atomic E-state index is 0.429. The summed E-state index contributed by atoms with van der Waals surface area (Å²) in [5, 5.41) is 2.37. The van der Waals surface area contributed by atoms with E-state index in [1.807, 2.05) is 0 Å². The standard InChI is InChI=1S/C12H9F8N3O/c1-23(2)3-4(12(18,19)20)21-11(24)22-10-8(16)6(14)5(13)7(15)9(10)17/h3H,1-2H3,(H2,21,22,24). The molecule has 0 spiro atoms. The number of alkyl halides is 3. The first kappa shape index (κ1) is 19.5. The minimum atomic E-state index is -5.04. The van der Waals surface area contributed by atoms with Crippen molar-refractivity contribution in [2.75, 3.05) is 19.4 Å². The van der Waals surface area contributed by atoms with Crippen LogP contribution in [-0.2, 0) is 0 Å². The molecule has 0 aromatic heterocycles. The molecule has 0 aliphatic carbocycles. The van der Waals surface area contributed by atoms with Gasteiger partial charge in [0.2, 0.25) is 5.82 Å². The third kappa shape index (κ3) is 4.26. The second-order valence-electron chi connectivity index (χ2n) is 4.53. The van der Waals surface area contributed by atoms with Crippen molar-refractivity contribution in [3.05, 3.63) is 41.0 Å². The third-order valence-corrected chi connectivity index (χ3v) is 2.39. The van der Waals surface area contributed by atoms with Gasteiger partial charge in [-0.1, -0.05) is 0 Å². The predicted molar refractivity (Wildman–Crippen MR) is 66.2 cm³/mol. The average molecular weight is 363 g/mol. The molecule has 0 atom stereocenters. The molecule has 0 radical (unpaired) electrons. The fourth-order valence-corrected chi connectivity index (χ4v) is 1.42. The summed E-state index contributed by atoms with van der Waals surface area (Å²) in [5.74, 6) is -12.0. The van der Waals surface area contributed by atoms with E-state index in [1.54, 1.807) is 0 Å². The summed E-state index contributed by atoms with van der Waals surface area (Å²) >= 11 is 0. The zero-order valence-electron chi connectivity index (χ0n) is 12.0. The van der Waals surface area contributed by atoms with E-state index in [2.05, 4.69) is 0 Å². The zero-order chi connectivity index (χ0) is 18.8. The molecule has 0 aliphatic rings. The molecule has 4 nitrogen and oxygen atoms in total. The lowest BCUT2D eigenvalue weighted by molar-refractivity contribution is -0.0963. The molecule has 2 amide bonds. The fourth-order valence-electron chi connectivity index (χ4n) is 1.42. The van der Waals surface area contributed by atoms with Crippen LogP contribution in [0.5, 0.6) is 0 Å². The lowest BCUT2D eigenvalue weighted by Gasteiger charge is -2.17. The molecule has 0 aliphatic heterocycles. The molecule has 12 heteroatoms. The Hall–Kier alpha value is -2.53. The van der Waals surface area contributed by atoms with Crippen molar-refractivity contribution < 1.29 is 39.9 Å². The van der Waals surface area contributed by atoms with Gasteiger partial charge in [-0.25, -0.2) is 26.7 Å². The number of anilines is 1. The van der Waals surface area contributed by atoms with E-state index >= 15 is 0 Å². The van der Waals surface area contributed by atoms with E-state index in [0.29, 0.717) is 6.20 Å². The number of nitrogens with zero attached hydrogens (tertiary/aromatic N) is 1. The number of amides is 2. The van der Waals surface area contributed by atoms with Crippen LogP contribution in [0.25, 0.3) is 0 Å². The minimum Gasteiger partial charge on any atom is -0.382 e. The highest BCUT2D eigenvalue weighted by Gasteiger charge is 2.36. The van der Waals surface area contributed by atoms with E-state index < -0.39 is 52.7 Å². The van der Waals surface area contributed by atoms with Crippen molar-refractivity contribution in [1.29, 1.82) is 0 Å². The van der Waals surface area contributed by atoms with Crippen LogP contribution >= 0.6 is 0 Å². The van der Waals surface area contributed by atoms with Crippen LogP contribution in [-0.4, -0.2) is 31.2 Å². The zero-order valence-corrected chi connectivity index (χ0v) is 12.0. The monoisotopic (exact) mass is 363 g/mol. The third-order valence-electron chi connectivity index (χ3n) is 2.39. The molecule has 0 bridgehead atoms. The van der Waals surface area contributed by atoms with Crippen molar-refractivity contribution >= 4 is 11.7 Å². The SMILES string of the molecule is CN(C)C=C(NC(=O)Nc1c(F)c(F)c(F)c(F)c1F)C(F)(F)F. The number of carbonyl (C=O) groups is 1. The molecule has 1 rings (SSSR count). The Morgan fingerprint density at radius 3 is 1.71 bits per heavy atom. The van der Waals surface area contributed by atoms with Crippen molar-refractivity contribution in [3.63, 3.8) is 0 Å². The van der Waals surface area contributed by atoms with Gasteiger partial charge in [-0.05, 0) is 0 Å². The number of allylic oxidation sites excluding steroid dienone is 1. The van der Waals surface area contributed by atoms with Crippen molar-refractivity contribution in [2.24, 2.45) is 0 Å². The Labute approximate surface area is 129 Å². The number of benzene rings is 1. The summed E-state index contributed by atoms with van der Waals surface area (Å²) < 4.78 is 103. The molecule has 1 aromatic carbocycles. The molecule has 2 N–H and O–H groups in total. The van der Waals surface area contributed by atoms with E-state index in [0.717, 1.165) is 10.2 Å². The Bertz CT molecular complexity index is 655. The highest BCUT2D eigenvalue weighted by atomic mass is 19.4. The highest BCUT2D eigenvalue weighted by Crippen LogP contribution is 2.28. The topological polar surface area (TPSA) is 44.4 Å². The van der Waals surface area contributed by atoms with Crippen LogP contribution in [0.2, 0.25) is 0 Å². The van der Waals surface area contributed by atoms with Gasteiger partial charge in [0.15, 0.2) is 23.3 Å². The van der Waals surface area contributed by atoms with Crippen LogP contribution in [0.1, 0.15) is 0 Å². The number of urea groups is 1. The number of hydrogen-bond acceptors (Lipinski definition) is 2. The molecular weight excluding hydrogens is 354 g/mol. The Morgan fingerprint density at radius 1 is 0.917 bits per heavy atom. The largest absolute Gasteiger partial charge is 0.432 e. The van der Waals surface area contributed by atoms with E-state index in [-0.39, 0.29) is 0 Å². The van der Waals surface area contributed by atoms with Crippen molar-refractivity contribution in [2.45, 2.75) is 6.18 Å². The van der Waals surface area contributed by atoms with Gasteiger partial charge in [-0.3, -0.25) is 0 Å². The van der Waals surface area contributed by atoms with Crippen LogP contribution < -0.4 is 10.6 Å². The van der Waals surface area contributed by atoms with Gasteiger partial charge in [-0.15, -0.1) is 0 Å². The van der Waals surface area contributed by atoms with Crippen LogP contribution in [0.4, 0.5) is 45.6 Å². The molecular formula is C12H9F8N3O. The Balaban J connectivity index is 3.13. The molecule has 0 fully saturated rings. The summed E-state index contributed by atoms with van der Waals surface area (Å²) in [4.78, 5) is 12.3. The smallest absolute Gasteiger partial charge is 0.382 e. The van der Waals surface area contributed by atoms with E-state index in [4.69, 9.17) is 0 Å². The molecule has 0 unspecified atom stereocenters. The van der Waals surface area contributed by atoms with Gasteiger partial charge in [0.25, 0.3) is 0 Å². The van der Waals surface area contributed by atoms with E-state index in [1.165, 1.54) is 19.4 Å². The first-order valence-corrected chi connectivity index (χ1v) is 5.91. The second-order valence-corrected chi connectivity index (χ2v) is 4.53. The lowest BCUT2D eigenvalue weighted by Crippen LogP contribution is -2.36. The Morgan fingerprint density at radius 2 is 1.33 bits per heavy atom. The Kier molecular flexibility index (Phi) is 5.63. The van der Waals surface area contributed by atoms with Gasteiger partial charge >= 0.3 is 12.2 Å². The maximum absolute atomic E-state index is 13.3. The summed E-state index contributed by atoms with van der Waals surface area (Å²) in [6.07, 6.45) is -4.61. The maximum Gasteiger partial charge on any atom is 0.432 e. The van der Waals surface area contributed by atoms with Crippen LogP contribution in [0.15, 0.2) is 11.9 Å². The normalized spacial score (nSPS) is 12.2. The quantitative estimate of drug-likeness (QED) is 0.491. The molecule has 134 valence electrons. The maximum atomic E-state index is 13.3. The van der Waals surface area contributed by atoms with Crippen molar-refractivity contribution in [1.82, 2.24) is 10.2 Å². The van der Waals surface area contributed by atoms with Crippen LogP contribution in [0.3, 0.4) is 0 Å². The first-order valence-electron chi connectivity index (χ1n) is 5.91. The first-order chi connectivity index (χ1) is 10.9. The average Bonchev–Trinajstić information content (AvgIpc) is 2.45. The molecule has 24 heavy (non-hydrogen) atoms. The molecule has 0 heterocycles. The van der Waals surface area contributed by atoms with Gasteiger partial charge in [0, 0.05) is 20.3 Å². The van der Waals surface area contributed by atoms with Gasteiger partial charge in [-0.2, -0.15) is 13.2 Å². The summed E-state index contributed by atoms with van der Waals surface area (Å²) in [6.45, 7) is 0. The molecule has 1 aromatic rings. The number of nitrogens with one attached hydrogen (secondary N) is 2. The van der Waals surface area contributed by atoms with Gasteiger partial charge in [0.1, 0.15) is 11.4 Å². The highest BCUT2D eigenvalue weighted by molar-refractivity contribution is 5.90. The van der Waals surface area contributed by atoms with Gasteiger partial charge in [0.05, 0.1) is 0 Å². The fraction of sp³-hybridized carbons (Fsp3) is 0.250.